The SMILES string of the molecule is C.COC(C)(C)C(C)(C)N1CCC(C(C)(C)CC(C)(C)N2CCC(C(C)(C)C)CC2)CC1. The van der Waals surface area contributed by atoms with Crippen molar-refractivity contribution < 1.29 is 4.74 Å². The van der Waals surface area contributed by atoms with Gasteiger partial charge < -0.3 is 4.74 Å². The fourth-order valence-electron chi connectivity index (χ4n) is 6.57. The minimum absolute atomic E-state index is 0. The van der Waals surface area contributed by atoms with Gasteiger partial charge in [-0.25, -0.2) is 0 Å². The van der Waals surface area contributed by atoms with E-state index in [0.717, 1.165) is 11.8 Å². The number of likely N-dealkylation sites (tertiary alicyclic amines) is 2. The van der Waals surface area contributed by atoms with Gasteiger partial charge in [0.25, 0.3) is 0 Å². The number of nitrogens with zero attached hydrogens (tertiary/aromatic N) is 2. The van der Waals surface area contributed by atoms with Crippen LogP contribution in [0.1, 0.15) is 116 Å². The minimum Gasteiger partial charge on any atom is -0.377 e. The van der Waals surface area contributed by atoms with E-state index in [1.165, 1.54) is 58.3 Å². The van der Waals surface area contributed by atoms with Gasteiger partial charge >= 0.3 is 0 Å². The molecule has 0 aromatic heterocycles. The molecule has 0 radical (unpaired) electrons. The molecule has 192 valence electrons. The summed E-state index contributed by atoms with van der Waals surface area (Å²) in [5.74, 6) is 1.67. The van der Waals surface area contributed by atoms with Crippen LogP contribution < -0.4 is 0 Å². The molecular formula is C29H60N2O. The Kier molecular flexibility index (Phi) is 9.57. The average Bonchev–Trinajstić information content (AvgIpc) is 2.66. The molecule has 2 saturated heterocycles. The first-order valence-electron chi connectivity index (χ1n) is 13.0. The Morgan fingerprint density at radius 2 is 1.06 bits per heavy atom. The van der Waals surface area contributed by atoms with Gasteiger partial charge in [-0.05, 0) is 122 Å². The molecule has 0 unspecified atom stereocenters. The predicted molar refractivity (Wildman–Crippen MR) is 142 cm³/mol. The van der Waals surface area contributed by atoms with E-state index in [-0.39, 0.29) is 24.1 Å². The molecule has 2 aliphatic rings. The van der Waals surface area contributed by atoms with Crippen LogP contribution in [-0.2, 0) is 4.74 Å². The molecule has 0 saturated carbocycles. The number of rotatable bonds is 7. The molecule has 0 atom stereocenters. The maximum absolute atomic E-state index is 5.86. The molecule has 2 aliphatic heterocycles. The molecule has 0 amide bonds. The van der Waals surface area contributed by atoms with Crippen LogP contribution in [0.15, 0.2) is 0 Å². The van der Waals surface area contributed by atoms with E-state index in [4.69, 9.17) is 4.74 Å². The van der Waals surface area contributed by atoms with Gasteiger partial charge in [0.05, 0.1) is 5.60 Å². The lowest BCUT2D eigenvalue weighted by atomic mass is 9.66. The summed E-state index contributed by atoms with van der Waals surface area (Å²) in [4.78, 5) is 5.47. The van der Waals surface area contributed by atoms with E-state index in [0.29, 0.717) is 10.8 Å². The molecule has 0 N–H and O–H groups in total. The van der Waals surface area contributed by atoms with Gasteiger partial charge in [0.2, 0.25) is 0 Å². The molecule has 32 heavy (non-hydrogen) atoms. The molecule has 3 nitrogen and oxygen atoms in total. The summed E-state index contributed by atoms with van der Waals surface area (Å²) in [7, 11) is 1.85. The van der Waals surface area contributed by atoms with Crippen molar-refractivity contribution in [3.63, 3.8) is 0 Å². The summed E-state index contributed by atoms with van der Waals surface area (Å²) >= 11 is 0. The number of piperidine rings is 2. The third kappa shape index (κ3) is 6.51. The fourth-order valence-corrected chi connectivity index (χ4v) is 6.57. The van der Waals surface area contributed by atoms with Gasteiger partial charge in [-0.15, -0.1) is 0 Å². The fraction of sp³-hybridized carbons (Fsp3) is 1.00. The van der Waals surface area contributed by atoms with Crippen molar-refractivity contribution in [2.24, 2.45) is 22.7 Å². The quantitative estimate of drug-likeness (QED) is 0.398. The Labute approximate surface area is 203 Å². The standard InChI is InChI=1S/C28H56N2O.CH4/c1-24(2,3)22-13-17-29(18-14-22)26(6,7)21-25(4,5)23-15-19-30(20-16-23)27(8,9)28(10,11)31-12;/h22-23H,13-21H2,1-12H3;1H4. The van der Waals surface area contributed by atoms with Crippen LogP contribution in [0.4, 0.5) is 0 Å². The molecular weight excluding hydrogens is 392 g/mol. The summed E-state index contributed by atoms with van der Waals surface area (Å²) < 4.78 is 5.86. The second-order valence-corrected chi connectivity index (χ2v) is 14.1. The molecule has 2 rings (SSSR count). The Hall–Kier alpha value is -0.120. The smallest absolute Gasteiger partial charge is 0.0800 e. The molecule has 0 spiro atoms. The number of methoxy groups -OCH3 is 1. The van der Waals surface area contributed by atoms with Crippen LogP contribution in [0, 0.1) is 22.7 Å². The van der Waals surface area contributed by atoms with E-state index in [9.17, 15) is 0 Å². The van der Waals surface area contributed by atoms with Gasteiger partial charge in [-0.3, -0.25) is 9.80 Å². The van der Waals surface area contributed by atoms with Crippen molar-refractivity contribution in [2.45, 2.75) is 132 Å². The lowest BCUT2D eigenvalue weighted by molar-refractivity contribution is -0.111. The summed E-state index contributed by atoms with van der Waals surface area (Å²) in [5, 5.41) is 0. The first-order valence-corrected chi connectivity index (χ1v) is 13.0. The van der Waals surface area contributed by atoms with E-state index in [1.807, 2.05) is 7.11 Å². The third-order valence-corrected chi connectivity index (χ3v) is 9.84. The van der Waals surface area contributed by atoms with Gasteiger partial charge in [-0.2, -0.15) is 0 Å². The van der Waals surface area contributed by atoms with Crippen LogP contribution in [0.2, 0.25) is 0 Å². The normalized spacial score (nSPS) is 22.1. The van der Waals surface area contributed by atoms with E-state index >= 15 is 0 Å². The van der Waals surface area contributed by atoms with Crippen LogP contribution in [-0.4, -0.2) is 59.8 Å². The van der Waals surface area contributed by atoms with Crippen molar-refractivity contribution in [2.75, 3.05) is 33.3 Å². The Bertz CT molecular complexity index is 568. The maximum Gasteiger partial charge on any atom is 0.0800 e. The molecule has 0 bridgehead atoms. The first-order chi connectivity index (χ1) is 13.9. The number of hydrogen-bond donors (Lipinski definition) is 0. The summed E-state index contributed by atoms with van der Waals surface area (Å²) in [5.41, 5.74) is 1.01. The summed E-state index contributed by atoms with van der Waals surface area (Å²) in [6, 6.07) is 0. The largest absolute Gasteiger partial charge is 0.377 e. The molecule has 2 fully saturated rings. The monoisotopic (exact) mass is 452 g/mol. The number of ether oxygens (including phenoxy) is 1. The zero-order valence-corrected chi connectivity index (χ0v) is 23.3. The lowest BCUT2D eigenvalue weighted by Gasteiger charge is -2.53. The van der Waals surface area contributed by atoms with Gasteiger partial charge in [0, 0.05) is 18.2 Å². The number of hydrogen-bond acceptors (Lipinski definition) is 3. The highest BCUT2D eigenvalue weighted by Crippen LogP contribution is 2.45. The maximum atomic E-state index is 5.86. The zero-order chi connectivity index (χ0) is 23.9. The van der Waals surface area contributed by atoms with Crippen LogP contribution in [0.3, 0.4) is 0 Å². The molecule has 3 heteroatoms. The molecule has 0 aliphatic carbocycles. The van der Waals surface area contributed by atoms with Crippen molar-refractivity contribution >= 4 is 0 Å². The third-order valence-electron chi connectivity index (χ3n) is 9.84. The topological polar surface area (TPSA) is 15.7 Å². The highest BCUT2D eigenvalue weighted by molar-refractivity contribution is 5.00. The van der Waals surface area contributed by atoms with Crippen molar-refractivity contribution in [1.82, 2.24) is 9.80 Å². The molecule has 0 aromatic rings. The highest BCUT2D eigenvalue weighted by atomic mass is 16.5. The Morgan fingerprint density at radius 3 is 1.47 bits per heavy atom. The predicted octanol–water partition coefficient (Wildman–Crippen LogP) is 7.49. The van der Waals surface area contributed by atoms with Gasteiger partial charge in [0.1, 0.15) is 0 Å². The second kappa shape index (κ2) is 10.2. The Morgan fingerprint density at radius 1 is 0.656 bits per heavy atom. The van der Waals surface area contributed by atoms with Crippen LogP contribution >= 0.6 is 0 Å². The van der Waals surface area contributed by atoms with Gasteiger partial charge in [0.15, 0.2) is 0 Å². The summed E-state index contributed by atoms with van der Waals surface area (Å²) in [6.45, 7) is 31.4. The lowest BCUT2D eigenvalue weighted by Crippen LogP contribution is -2.61. The average molecular weight is 453 g/mol. The molecule has 2 heterocycles. The van der Waals surface area contributed by atoms with E-state index < -0.39 is 0 Å². The van der Waals surface area contributed by atoms with Crippen molar-refractivity contribution in [3.8, 4) is 0 Å². The summed E-state index contributed by atoms with van der Waals surface area (Å²) in [6.07, 6.45) is 6.61. The molecule has 0 aromatic carbocycles. The van der Waals surface area contributed by atoms with Crippen LogP contribution in [0.5, 0.6) is 0 Å². The van der Waals surface area contributed by atoms with Crippen molar-refractivity contribution in [3.05, 3.63) is 0 Å². The van der Waals surface area contributed by atoms with E-state index in [1.54, 1.807) is 0 Å². The second-order valence-electron chi connectivity index (χ2n) is 14.1. The minimum atomic E-state index is -0.142. The van der Waals surface area contributed by atoms with Crippen LogP contribution in [0.25, 0.3) is 0 Å². The van der Waals surface area contributed by atoms with Crippen molar-refractivity contribution in [1.29, 1.82) is 0 Å². The Balaban J connectivity index is 0.00000512. The first kappa shape index (κ1) is 29.9. The van der Waals surface area contributed by atoms with Gasteiger partial charge in [-0.1, -0.05) is 42.0 Å². The van der Waals surface area contributed by atoms with E-state index in [2.05, 4.69) is 86.0 Å². The zero-order valence-electron chi connectivity index (χ0n) is 23.3. The highest BCUT2D eigenvalue weighted by Gasteiger charge is 2.46.